The first kappa shape index (κ1) is 23.8. The smallest absolute Gasteiger partial charge is 0.256 e. The third kappa shape index (κ3) is 5.65. The molecule has 0 aliphatic rings. The fourth-order valence-electron chi connectivity index (χ4n) is 3.95. The number of aryl methyl sites for hydroxylation is 1. The summed E-state index contributed by atoms with van der Waals surface area (Å²) < 4.78 is 2.21. The van der Waals surface area contributed by atoms with E-state index in [-0.39, 0.29) is 5.91 Å². The van der Waals surface area contributed by atoms with Gasteiger partial charge in [0.1, 0.15) is 5.00 Å². The maximum Gasteiger partial charge on any atom is 0.256 e. The molecule has 0 aliphatic carbocycles. The van der Waals surface area contributed by atoms with E-state index in [4.69, 9.17) is 16.6 Å². The number of rotatable bonds is 7. The first-order chi connectivity index (χ1) is 17.7. The van der Waals surface area contributed by atoms with E-state index in [0.717, 1.165) is 33.2 Å². The molecular weight excluding hydrogens is 486 g/mol. The van der Waals surface area contributed by atoms with Gasteiger partial charge >= 0.3 is 0 Å². The lowest BCUT2D eigenvalue weighted by atomic mass is 10.1. The summed E-state index contributed by atoms with van der Waals surface area (Å²) >= 11 is 7.50. The second kappa shape index (κ2) is 11.2. The van der Waals surface area contributed by atoms with Gasteiger partial charge in [0.2, 0.25) is 0 Å². The molecule has 0 bridgehead atoms. The zero-order valence-corrected chi connectivity index (χ0v) is 21.0. The van der Waals surface area contributed by atoms with Gasteiger partial charge in [0, 0.05) is 22.7 Å². The Morgan fingerprint density at radius 1 is 0.806 bits per heavy atom. The number of para-hydroxylation sites is 1. The molecule has 1 amide bonds. The first-order valence-electron chi connectivity index (χ1n) is 11.7. The van der Waals surface area contributed by atoms with Crippen molar-refractivity contribution >= 4 is 39.5 Å². The van der Waals surface area contributed by atoms with E-state index in [0.29, 0.717) is 17.1 Å². The van der Waals surface area contributed by atoms with Gasteiger partial charge in [-0.2, -0.15) is 0 Å². The molecule has 0 radical (unpaired) electrons. The van der Waals surface area contributed by atoms with Crippen LogP contribution in [-0.4, -0.2) is 10.5 Å². The predicted molar refractivity (Wildman–Crippen MR) is 149 cm³/mol. The summed E-state index contributed by atoms with van der Waals surface area (Å²) in [5.74, 6) is -0.188. The van der Waals surface area contributed by atoms with Crippen LogP contribution in [0.2, 0.25) is 5.02 Å². The Balaban J connectivity index is 1.63. The number of nitrogens with zero attached hydrogens (tertiary/aromatic N) is 2. The third-order valence-electron chi connectivity index (χ3n) is 5.74. The van der Waals surface area contributed by atoms with Crippen molar-refractivity contribution in [1.29, 1.82) is 0 Å². The minimum Gasteiger partial charge on any atom is -0.314 e. The average molecular weight is 510 g/mol. The third-order valence-corrected chi connectivity index (χ3v) is 6.98. The normalized spacial score (nSPS) is 11.4. The van der Waals surface area contributed by atoms with Crippen LogP contribution in [-0.2, 0) is 13.0 Å². The number of benzene rings is 4. The summed E-state index contributed by atoms with van der Waals surface area (Å²) in [5.41, 5.74) is 4.61. The fourth-order valence-corrected chi connectivity index (χ4v) is 5.17. The van der Waals surface area contributed by atoms with Crippen LogP contribution < -0.4 is 10.1 Å². The summed E-state index contributed by atoms with van der Waals surface area (Å²) in [6.45, 7) is 0.715. The number of thiazole rings is 1. The van der Waals surface area contributed by atoms with Crippen LogP contribution in [0.5, 0.6) is 0 Å². The van der Waals surface area contributed by atoms with Crippen LogP contribution in [0.15, 0.2) is 120 Å². The zero-order valence-electron chi connectivity index (χ0n) is 19.5. The van der Waals surface area contributed by atoms with Gasteiger partial charge < -0.3 is 9.88 Å². The lowest BCUT2D eigenvalue weighted by Gasteiger charge is -2.12. The van der Waals surface area contributed by atoms with Crippen LogP contribution in [0.4, 0.5) is 10.7 Å². The van der Waals surface area contributed by atoms with Crippen LogP contribution >= 0.6 is 22.9 Å². The Kier molecular flexibility index (Phi) is 7.41. The molecule has 0 saturated heterocycles. The number of carbonyl (C=O) groups is 1. The van der Waals surface area contributed by atoms with Gasteiger partial charge in [0.25, 0.3) is 5.91 Å². The molecule has 5 rings (SSSR count). The average Bonchev–Trinajstić information content (AvgIpc) is 3.25. The molecule has 0 unspecified atom stereocenters. The molecule has 178 valence electrons. The van der Waals surface area contributed by atoms with E-state index in [1.165, 1.54) is 16.9 Å². The molecule has 36 heavy (non-hydrogen) atoms. The molecule has 0 aliphatic heterocycles. The summed E-state index contributed by atoms with van der Waals surface area (Å²) in [6.07, 6.45) is 0.837. The molecule has 4 aromatic carbocycles. The molecular formula is C30H24ClN3OS. The number of halogens is 1. The summed E-state index contributed by atoms with van der Waals surface area (Å²) in [6, 6.07) is 37.3. The number of amides is 1. The van der Waals surface area contributed by atoms with Crippen molar-refractivity contribution in [3.8, 4) is 11.3 Å². The van der Waals surface area contributed by atoms with Crippen molar-refractivity contribution in [3.05, 3.63) is 136 Å². The maximum atomic E-state index is 13.2. The van der Waals surface area contributed by atoms with Crippen molar-refractivity contribution in [2.75, 3.05) is 5.32 Å². The van der Waals surface area contributed by atoms with Gasteiger partial charge in [0.05, 0.1) is 11.4 Å². The lowest BCUT2D eigenvalue weighted by Crippen LogP contribution is -2.17. The Hall–Kier alpha value is -3.93. The summed E-state index contributed by atoms with van der Waals surface area (Å²) in [4.78, 5) is 19.0. The van der Waals surface area contributed by atoms with Gasteiger partial charge in [-0.25, -0.2) is 4.99 Å². The Morgan fingerprint density at radius 2 is 1.42 bits per heavy atom. The fraction of sp³-hybridized carbons (Fsp3) is 0.0667. The summed E-state index contributed by atoms with van der Waals surface area (Å²) in [7, 11) is 0. The number of hydrogen-bond donors (Lipinski definition) is 1. The monoisotopic (exact) mass is 509 g/mol. The lowest BCUT2D eigenvalue weighted by molar-refractivity contribution is 0.102. The van der Waals surface area contributed by atoms with Crippen LogP contribution in [0.1, 0.15) is 15.9 Å². The van der Waals surface area contributed by atoms with E-state index < -0.39 is 0 Å². The standard InChI is InChI=1S/C30H24ClN3OS/c31-25-18-16-24(17-19-25)28(35)33-29-27(23-12-6-2-7-13-23)34(21-20-22-10-4-1-5-11-22)30(36-29)32-26-14-8-3-9-15-26/h1-19H,20-21H2,(H,33,35). The number of hydrogen-bond acceptors (Lipinski definition) is 3. The van der Waals surface area contributed by atoms with Crippen molar-refractivity contribution in [3.63, 3.8) is 0 Å². The van der Waals surface area contributed by atoms with Crippen LogP contribution in [0, 0.1) is 0 Å². The molecule has 1 aromatic heterocycles. The highest BCUT2D eigenvalue weighted by molar-refractivity contribution is 7.14. The Morgan fingerprint density at radius 3 is 2.08 bits per heavy atom. The van der Waals surface area contributed by atoms with E-state index in [1.54, 1.807) is 24.3 Å². The molecule has 0 fully saturated rings. The largest absolute Gasteiger partial charge is 0.314 e. The second-order valence-electron chi connectivity index (χ2n) is 8.22. The number of aromatic nitrogens is 1. The van der Waals surface area contributed by atoms with Gasteiger partial charge in [-0.15, -0.1) is 0 Å². The summed E-state index contributed by atoms with van der Waals surface area (Å²) in [5, 5.41) is 4.49. The minimum atomic E-state index is -0.188. The van der Waals surface area contributed by atoms with Crippen molar-refractivity contribution < 1.29 is 4.79 Å². The van der Waals surface area contributed by atoms with Crippen LogP contribution in [0.3, 0.4) is 0 Å². The highest BCUT2D eigenvalue weighted by Crippen LogP contribution is 2.32. The molecule has 1 heterocycles. The van der Waals surface area contributed by atoms with Crippen LogP contribution in [0.25, 0.3) is 11.3 Å². The van der Waals surface area contributed by atoms with E-state index in [2.05, 4.69) is 46.3 Å². The molecule has 1 N–H and O–H groups in total. The minimum absolute atomic E-state index is 0.188. The first-order valence-corrected chi connectivity index (χ1v) is 12.9. The highest BCUT2D eigenvalue weighted by atomic mass is 35.5. The number of nitrogens with one attached hydrogen (secondary N) is 1. The second-order valence-corrected chi connectivity index (χ2v) is 9.64. The van der Waals surface area contributed by atoms with E-state index in [1.807, 2.05) is 54.6 Å². The highest BCUT2D eigenvalue weighted by Gasteiger charge is 2.19. The maximum absolute atomic E-state index is 13.2. The number of anilines is 1. The molecule has 0 atom stereocenters. The SMILES string of the molecule is O=C(Nc1sc(=Nc2ccccc2)n(CCc2ccccc2)c1-c1ccccc1)c1ccc(Cl)cc1. The van der Waals surface area contributed by atoms with Crippen molar-refractivity contribution in [2.24, 2.45) is 4.99 Å². The molecule has 6 heteroatoms. The molecule has 4 nitrogen and oxygen atoms in total. The Bertz CT molecular complexity index is 1510. The van der Waals surface area contributed by atoms with Gasteiger partial charge in [-0.3, -0.25) is 4.79 Å². The Labute approximate surface area is 219 Å². The van der Waals surface area contributed by atoms with Gasteiger partial charge in [-0.05, 0) is 48.4 Å². The zero-order chi connectivity index (χ0) is 24.7. The van der Waals surface area contributed by atoms with Crippen molar-refractivity contribution in [2.45, 2.75) is 13.0 Å². The van der Waals surface area contributed by atoms with E-state index >= 15 is 0 Å². The predicted octanol–water partition coefficient (Wildman–Crippen LogP) is 7.60. The van der Waals surface area contributed by atoms with E-state index in [9.17, 15) is 4.79 Å². The quantitative estimate of drug-likeness (QED) is 0.241. The molecule has 0 saturated carbocycles. The van der Waals surface area contributed by atoms with Gasteiger partial charge in [-0.1, -0.05) is 102 Å². The van der Waals surface area contributed by atoms with Crippen molar-refractivity contribution in [1.82, 2.24) is 4.57 Å². The molecule has 5 aromatic rings. The topological polar surface area (TPSA) is 46.4 Å². The number of carbonyl (C=O) groups excluding carboxylic acids is 1. The van der Waals surface area contributed by atoms with Gasteiger partial charge in [0.15, 0.2) is 4.80 Å². The molecule has 0 spiro atoms.